The van der Waals surface area contributed by atoms with Crippen LogP contribution in [0.15, 0.2) is 41.3 Å². The maximum Gasteiger partial charge on any atom is 0.263 e. The van der Waals surface area contributed by atoms with E-state index in [0.717, 1.165) is 0 Å². The van der Waals surface area contributed by atoms with Crippen molar-refractivity contribution in [3.63, 3.8) is 0 Å². The number of nitrogen functional groups attached to an aromatic ring is 1. The average Bonchev–Trinajstić information content (AvgIpc) is 2.33. The first kappa shape index (κ1) is 15.3. The Morgan fingerprint density at radius 2 is 1.65 bits per heavy atom. The molecule has 0 saturated heterocycles. The van der Waals surface area contributed by atoms with E-state index in [0.29, 0.717) is 10.0 Å². The summed E-state index contributed by atoms with van der Waals surface area (Å²) in [5, 5.41) is 0.938. The summed E-state index contributed by atoms with van der Waals surface area (Å²) in [6, 6.07) is 8.54. The van der Waals surface area contributed by atoms with E-state index in [1.807, 2.05) is 0 Å². The van der Waals surface area contributed by atoms with E-state index in [2.05, 4.69) is 4.72 Å². The summed E-state index contributed by atoms with van der Waals surface area (Å²) >= 11 is 17.3. The smallest absolute Gasteiger partial charge is 0.263 e. The van der Waals surface area contributed by atoms with Crippen LogP contribution in [0, 0.1) is 0 Å². The van der Waals surface area contributed by atoms with Crippen molar-refractivity contribution in [1.29, 1.82) is 0 Å². The summed E-state index contributed by atoms with van der Waals surface area (Å²) in [6.07, 6.45) is 0. The van der Waals surface area contributed by atoms with Gasteiger partial charge in [-0.3, -0.25) is 4.72 Å². The standard InChI is InChI=1S/C12H9Cl3N2O2S/c13-7-1-4-12(11(16)5-7)20(18,19)17-8-2-3-9(14)10(15)6-8/h1-6,17H,16H2. The van der Waals surface area contributed by atoms with Crippen LogP contribution in [0.25, 0.3) is 0 Å². The lowest BCUT2D eigenvalue weighted by Crippen LogP contribution is -2.14. The van der Waals surface area contributed by atoms with Gasteiger partial charge in [0.2, 0.25) is 0 Å². The van der Waals surface area contributed by atoms with Crippen molar-refractivity contribution in [3.05, 3.63) is 51.5 Å². The van der Waals surface area contributed by atoms with Crippen molar-refractivity contribution in [3.8, 4) is 0 Å². The van der Waals surface area contributed by atoms with Crippen LogP contribution >= 0.6 is 34.8 Å². The first-order valence-electron chi connectivity index (χ1n) is 5.32. The van der Waals surface area contributed by atoms with Crippen LogP contribution in [0.2, 0.25) is 15.1 Å². The molecule has 4 nitrogen and oxygen atoms in total. The normalized spacial score (nSPS) is 11.3. The largest absolute Gasteiger partial charge is 0.398 e. The molecule has 0 bridgehead atoms. The molecule has 0 heterocycles. The fraction of sp³-hybridized carbons (Fsp3) is 0. The van der Waals surface area contributed by atoms with Crippen molar-refractivity contribution < 1.29 is 8.42 Å². The van der Waals surface area contributed by atoms with Crippen LogP contribution in [0.5, 0.6) is 0 Å². The number of sulfonamides is 1. The summed E-state index contributed by atoms with van der Waals surface area (Å²) in [6.45, 7) is 0. The Labute approximate surface area is 131 Å². The molecule has 0 unspecified atom stereocenters. The van der Waals surface area contributed by atoms with Crippen molar-refractivity contribution in [2.75, 3.05) is 10.5 Å². The number of hydrogen-bond acceptors (Lipinski definition) is 3. The van der Waals surface area contributed by atoms with Crippen LogP contribution in [-0.4, -0.2) is 8.42 Å². The molecule has 106 valence electrons. The van der Waals surface area contributed by atoms with Crippen molar-refractivity contribution in [2.45, 2.75) is 4.90 Å². The van der Waals surface area contributed by atoms with Crippen molar-refractivity contribution in [2.24, 2.45) is 0 Å². The van der Waals surface area contributed by atoms with Gasteiger partial charge >= 0.3 is 0 Å². The Balaban J connectivity index is 2.38. The van der Waals surface area contributed by atoms with E-state index < -0.39 is 10.0 Å². The molecule has 0 spiro atoms. The lowest BCUT2D eigenvalue weighted by atomic mass is 10.3. The maximum atomic E-state index is 12.2. The Morgan fingerprint density at radius 1 is 0.950 bits per heavy atom. The van der Waals surface area contributed by atoms with Gasteiger partial charge in [-0.2, -0.15) is 0 Å². The summed E-state index contributed by atoms with van der Waals surface area (Å²) < 4.78 is 26.8. The Morgan fingerprint density at radius 3 is 2.25 bits per heavy atom. The van der Waals surface area contributed by atoms with Crippen LogP contribution in [-0.2, 0) is 10.0 Å². The zero-order valence-corrected chi connectivity index (χ0v) is 13.0. The van der Waals surface area contributed by atoms with E-state index in [1.165, 1.54) is 36.4 Å². The highest BCUT2D eigenvalue weighted by Crippen LogP contribution is 2.28. The van der Waals surface area contributed by atoms with E-state index >= 15 is 0 Å². The summed E-state index contributed by atoms with van der Waals surface area (Å²) in [5.41, 5.74) is 6.01. The molecule has 0 aliphatic carbocycles. The summed E-state index contributed by atoms with van der Waals surface area (Å²) in [4.78, 5) is -0.0621. The van der Waals surface area contributed by atoms with Gasteiger partial charge in [-0.05, 0) is 36.4 Å². The second kappa shape index (κ2) is 5.69. The zero-order chi connectivity index (χ0) is 14.9. The molecule has 0 fully saturated rings. The Hall–Kier alpha value is -1.14. The van der Waals surface area contributed by atoms with Crippen LogP contribution in [0.1, 0.15) is 0 Å². The molecule has 20 heavy (non-hydrogen) atoms. The fourth-order valence-corrected chi connectivity index (χ4v) is 3.18. The van der Waals surface area contributed by atoms with E-state index in [1.54, 1.807) is 0 Å². The second-order valence-electron chi connectivity index (χ2n) is 3.92. The van der Waals surface area contributed by atoms with E-state index in [-0.39, 0.29) is 21.3 Å². The first-order valence-corrected chi connectivity index (χ1v) is 7.94. The summed E-state index contributed by atoms with van der Waals surface area (Å²) in [7, 11) is -3.83. The van der Waals surface area contributed by atoms with Crippen LogP contribution in [0.4, 0.5) is 11.4 Å². The average molecular weight is 352 g/mol. The van der Waals surface area contributed by atoms with Gasteiger partial charge in [0.15, 0.2) is 0 Å². The number of anilines is 2. The molecule has 0 saturated carbocycles. The van der Waals surface area contributed by atoms with Gasteiger partial charge in [-0.1, -0.05) is 34.8 Å². The number of rotatable bonds is 3. The van der Waals surface area contributed by atoms with Gasteiger partial charge in [0, 0.05) is 5.02 Å². The molecule has 0 aliphatic heterocycles. The molecule has 2 aromatic rings. The third-order valence-electron chi connectivity index (χ3n) is 2.43. The molecule has 3 N–H and O–H groups in total. The Kier molecular flexibility index (Phi) is 4.34. The highest BCUT2D eigenvalue weighted by atomic mass is 35.5. The van der Waals surface area contributed by atoms with Crippen LogP contribution < -0.4 is 10.5 Å². The van der Waals surface area contributed by atoms with Gasteiger partial charge in [0.05, 0.1) is 21.4 Å². The highest BCUT2D eigenvalue weighted by molar-refractivity contribution is 7.92. The number of benzene rings is 2. The Bertz CT molecular complexity index is 763. The van der Waals surface area contributed by atoms with Crippen molar-refractivity contribution >= 4 is 56.2 Å². The minimum absolute atomic E-state index is 0.0602. The van der Waals surface area contributed by atoms with Crippen molar-refractivity contribution in [1.82, 2.24) is 0 Å². The lowest BCUT2D eigenvalue weighted by molar-refractivity contribution is 0.601. The third-order valence-corrected chi connectivity index (χ3v) is 4.86. The predicted octanol–water partition coefficient (Wildman–Crippen LogP) is 4.03. The molecule has 0 aromatic heterocycles. The molecule has 0 aliphatic rings. The molecule has 0 radical (unpaired) electrons. The fourth-order valence-electron chi connectivity index (χ4n) is 1.53. The minimum atomic E-state index is -3.83. The first-order chi connectivity index (χ1) is 9.29. The third kappa shape index (κ3) is 3.30. The topological polar surface area (TPSA) is 72.2 Å². The second-order valence-corrected chi connectivity index (χ2v) is 6.82. The molecule has 0 atom stereocenters. The van der Waals surface area contributed by atoms with E-state index in [4.69, 9.17) is 40.5 Å². The maximum absolute atomic E-state index is 12.2. The zero-order valence-electron chi connectivity index (χ0n) is 9.90. The lowest BCUT2D eigenvalue weighted by Gasteiger charge is -2.11. The van der Waals surface area contributed by atoms with Crippen LogP contribution in [0.3, 0.4) is 0 Å². The number of hydrogen-bond donors (Lipinski definition) is 2. The molecule has 8 heteroatoms. The van der Waals surface area contributed by atoms with Gasteiger partial charge in [0.25, 0.3) is 10.0 Å². The predicted molar refractivity (Wildman–Crippen MR) is 83.1 cm³/mol. The van der Waals surface area contributed by atoms with Gasteiger partial charge in [-0.15, -0.1) is 0 Å². The summed E-state index contributed by atoms with van der Waals surface area (Å²) in [5.74, 6) is 0. The quantitative estimate of drug-likeness (QED) is 0.820. The molecular formula is C12H9Cl3N2O2S. The molecular weight excluding hydrogens is 343 g/mol. The number of nitrogens with one attached hydrogen (secondary N) is 1. The molecule has 2 rings (SSSR count). The SMILES string of the molecule is Nc1cc(Cl)ccc1S(=O)(=O)Nc1ccc(Cl)c(Cl)c1. The number of halogens is 3. The van der Waals surface area contributed by atoms with Gasteiger partial charge < -0.3 is 5.73 Å². The van der Waals surface area contributed by atoms with Gasteiger partial charge in [0.1, 0.15) is 4.90 Å². The highest BCUT2D eigenvalue weighted by Gasteiger charge is 2.18. The van der Waals surface area contributed by atoms with Gasteiger partial charge in [-0.25, -0.2) is 8.42 Å². The minimum Gasteiger partial charge on any atom is -0.398 e. The molecule has 0 amide bonds. The molecule has 2 aromatic carbocycles. The monoisotopic (exact) mass is 350 g/mol. The van der Waals surface area contributed by atoms with E-state index in [9.17, 15) is 8.42 Å². The number of nitrogens with two attached hydrogens (primary N) is 1.